The van der Waals surface area contributed by atoms with Gasteiger partial charge in [-0.2, -0.15) is 5.06 Å². The van der Waals surface area contributed by atoms with Crippen molar-refractivity contribution in [2.75, 3.05) is 13.2 Å². The molecule has 2 rings (SSSR count). The van der Waals surface area contributed by atoms with Crippen LogP contribution >= 0.6 is 0 Å². The Bertz CT molecular complexity index is 312. The van der Waals surface area contributed by atoms with Crippen molar-refractivity contribution in [1.82, 2.24) is 10.4 Å². The molecule has 0 bridgehead atoms. The van der Waals surface area contributed by atoms with Crippen molar-refractivity contribution >= 4 is 0 Å². The number of rotatable bonds is 4. The first-order valence-electron chi connectivity index (χ1n) is 7.40. The lowest BCUT2D eigenvalue weighted by molar-refractivity contribution is -0.302. The molecule has 2 saturated heterocycles. The third-order valence-corrected chi connectivity index (χ3v) is 4.18. The van der Waals surface area contributed by atoms with E-state index < -0.39 is 5.60 Å². The molecule has 2 N–H and O–H groups in total. The summed E-state index contributed by atoms with van der Waals surface area (Å²) in [4.78, 5) is 5.99. The van der Waals surface area contributed by atoms with Gasteiger partial charge in [0.15, 0.2) is 0 Å². The lowest BCUT2D eigenvalue weighted by atomic mass is 9.74. The normalized spacial score (nSPS) is 31.4. The smallest absolute Gasteiger partial charge is 0.0967 e. The number of piperidine rings is 1. The van der Waals surface area contributed by atoms with Crippen molar-refractivity contribution in [2.24, 2.45) is 5.92 Å². The molecule has 0 aromatic heterocycles. The molecular weight excluding hydrogens is 240 g/mol. The fourth-order valence-corrected chi connectivity index (χ4v) is 3.60. The number of hydrogen-bond donors (Lipinski definition) is 2. The minimum atomic E-state index is -0.791. The van der Waals surface area contributed by atoms with Crippen molar-refractivity contribution in [3.8, 4) is 0 Å². The summed E-state index contributed by atoms with van der Waals surface area (Å²) in [6.45, 7) is 14.1. The molecular formula is C15H30N2O2. The molecule has 0 saturated carbocycles. The van der Waals surface area contributed by atoms with Crippen LogP contribution in [0.1, 0.15) is 54.4 Å². The third-order valence-electron chi connectivity index (χ3n) is 4.18. The van der Waals surface area contributed by atoms with Crippen LogP contribution in [0.25, 0.3) is 0 Å². The standard InChI is InChI=1S/C15H30N2O2/c1-13(2)7-11(12-9-16-12)8-14(3,4)17(13)19-10-15(5,6)18/h11-12,16,18H,7-10H2,1-6H3. The largest absolute Gasteiger partial charge is 0.388 e. The van der Waals surface area contributed by atoms with E-state index in [9.17, 15) is 5.11 Å². The maximum absolute atomic E-state index is 9.88. The quantitative estimate of drug-likeness (QED) is 0.767. The van der Waals surface area contributed by atoms with Crippen LogP contribution < -0.4 is 5.32 Å². The van der Waals surface area contributed by atoms with Crippen molar-refractivity contribution in [3.05, 3.63) is 0 Å². The molecule has 19 heavy (non-hydrogen) atoms. The summed E-state index contributed by atoms with van der Waals surface area (Å²) in [5.74, 6) is 0.729. The minimum Gasteiger partial charge on any atom is -0.388 e. The lowest BCUT2D eigenvalue weighted by Gasteiger charge is -2.54. The third kappa shape index (κ3) is 3.69. The van der Waals surface area contributed by atoms with Crippen molar-refractivity contribution in [2.45, 2.75) is 77.1 Å². The van der Waals surface area contributed by atoms with E-state index in [1.165, 1.54) is 6.54 Å². The minimum absolute atomic E-state index is 0.00192. The lowest BCUT2D eigenvalue weighted by Crippen LogP contribution is -2.61. The van der Waals surface area contributed by atoms with Gasteiger partial charge in [-0.1, -0.05) is 0 Å². The van der Waals surface area contributed by atoms with Gasteiger partial charge in [0, 0.05) is 23.7 Å². The van der Waals surface area contributed by atoms with Gasteiger partial charge in [-0.25, -0.2) is 0 Å². The molecule has 112 valence electrons. The Hall–Kier alpha value is -0.160. The van der Waals surface area contributed by atoms with E-state index in [-0.39, 0.29) is 11.1 Å². The van der Waals surface area contributed by atoms with Gasteiger partial charge >= 0.3 is 0 Å². The molecule has 0 spiro atoms. The fraction of sp³-hybridized carbons (Fsp3) is 1.00. The first-order valence-corrected chi connectivity index (χ1v) is 7.40. The highest BCUT2D eigenvalue weighted by Crippen LogP contribution is 2.44. The van der Waals surface area contributed by atoms with Gasteiger partial charge in [0.25, 0.3) is 0 Å². The van der Waals surface area contributed by atoms with Gasteiger partial charge < -0.3 is 10.4 Å². The maximum atomic E-state index is 9.88. The van der Waals surface area contributed by atoms with E-state index >= 15 is 0 Å². The predicted octanol–water partition coefficient (Wildman–Crippen LogP) is 1.93. The molecule has 2 aliphatic rings. The molecule has 2 aliphatic heterocycles. The van der Waals surface area contributed by atoms with E-state index in [0.29, 0.717) is 12.6 Å². The molecule has 0 amide bonds. The Labute approximate surface area is 117 Å². The Morgan fingerprint density at radius 2 is 1.68 bits per heavy atom. The van der Waals surface area contributed by atoms with Crippen LogP contribution in [0.5, 0.6) is 0 Å². The highest BCUT2D eigenvalue weighted by molar-refractivity contribution is 5.03. The average molecular weight is 270 g/mol. The summed E-state index contributed by atoms with van der Waals surface area (Å²) in [7, 11) is 0. The van der Waals surface area contributed by atoms with E-state index in [1.807, 2.05) is 0 Å². The number of hydrogen-bond acceptors (Lipinski definition) is 4. The van der Waals surface area contributed by atoms with E-state index in [1.54, 1.807) is 13.8 Å². The van der Waals surface area contributed by atoms with Gasteiger partial charge in [0.1, 0.15) is 0 Å². The van der Waals surface area contributed by atoms with Crippen LogP contribution in [0, 0.1) is 5.92 Å². The Morgan fingerprint density at radius 1 is 1.21 bits per heavy atom. The zero-order valence-corrected chi connectivity index (χ0v) is 13.3. The summed E-state index contributed by atoms with van der Waals surface area (Å²) in [6, 6.07) is 0.704. The summed E-state index contributed by atoms with van der Waals surface area (Å²) in [5.41, 5.74) is -0.787. The topological polar surface area (TPSA) is 54.6 Å². The van der Waals surface area contributed by atoms with Gasteiger partial charge in [-0.15, -0.1) is 0 Å². The van der Waals surface area contributed by atoms with Gasteiger partial charge in [0.2, 0.25) is 0 Å². The van der Waals surface area contributed by atoms with E-state index in [4.69, 9.17) is 4.84 Å². The first-order chi connectivity index (χ1) is 8.51. The van der Waals surface area contributed by atoms with E-state index in [0.717, 1.165) is 18.8 Å². The highest BCUT2D eigenvalue weighted by Gasteiger charge is 2.50. The van der Waals surface area contributed by atoms with E-state index in [2.05, 4.69) is 38.1 Å². The second-order valence-electron chi connectivity index (χ2n) is 8.19. The van der Waals surface area contributed by atoms with Crippen molar-refractivity contribution < 1.29 is 9.94 Å². The second-order valence-corrected chi connectivity index (χ2v) is 8.19. The number of nitrogens with one attached hydrogen (secondary N) is 1. The van der Waals surface area contributed by atoms with Crippen LogP contribution in [-0.2, 0) is 4.84 Å². The van der Waals surface area contributed by atoms with Gasteiger partial charge in [-0.05, 0) is 60.3 Å². The van der Waals surface area contributed by atoms with Gasteiger partial charge in [0.05, 0.1) is 12.2 Å². The molecule has 0 aromatic carbocycles. The summed E-state index contributed by atoms with van der Waals surface area (Å²) in [6.07, 6.45) is 2.28. The number of nitrogens with zero attached hydrogens (tertiary/aromatic N) is 1. The average Bonchev–Trinajstić information content (AvgIpc) is 2.93. The number of hydroxylamine groups is 2. The monoisotopic (exact) mass is 270 g/mol. The molecule has 4 nitrogen and oxygen atoms in total. The highest BCUT2D eigenvalue weighted by atomic mass is 16.7. The SMILES string of the molecule is CC(C)(O)CON1C(C)(C)CC(C2CN2)CC1(C)C. The molecule has 1 atom stereocenters. The number of aliphatic hydroxyl groups is 1. The zero-order chi connectivity index (χ0) is 14.5. The van der Waals surface area contributed by atoms with Gasteiger partial charge in [-0.3, -0.25) is 4.84 Å². The van der Waals surface area contributed by atoms with Crippen LogP contribution in [0.15, 0.2) is 0 Å². The van der Waals surface area contributed by atoms with Crippen LogP contribution in [0.2, 0.25) is 0 Å². The van der Waals surface area contributed by atoms with Crippen molar-refractivity contribution in [1.29, 1.82) is 0 Å². The molecule has 2 fully saturated rings. The second kappa shape index (κ2) is 4.69. The summed E-state index contributed by atoms with van der Waals surface area (Å²) >= 11 is 0. The molecule has 1 unspecified atom stereocenters. The maximum Gasteiger partial charge on any atom is 0.0967 e. The molecule has 2 heterocycles. The molecule has 4 heteroatoms. The predicted molar refractivity (Wildman–Crippen MR) is 76.8 cm³/mol. The Kier molecular flexibility index (Phi) is 3.76. The zero-order valence-electron chi connectivity index (χ0n) is 13.3. The molecule has 0 aliphatic carbocycles. The summed E-state index contributed by atoms with van der Waals surface area (Å²) < 4.78 is 0. The van der Waals surface area contributed by atoms with Crippen LogP contribution in [0.3, 0.4) is 0 Å². The van der Waals surface area contributed by atoms with Crippen LogP contribution in [0.4, 0.5) is 0 Å². The molecule has 0 aromatic rings. The Balaban J connectivity index is 2.07. The summed E-state index contributed by atoms with van der Waals surface area (Å²) in [5, 5.41) is 15.5. The molecule has 0 radical (unpaired) electrons. The van der Waals surface area contributed by atoms with Crippen molar-refractivity contribution in [3.63, 3.8) is 0 Å². The fourth-order valence-electron chi connectivity index (χ4n) is 3.60. The Morgan fingerprint density at radius 3 is 2.05 bits per heavy atom. The van der Waals surface area contributed by atoms with Crippen LogP contribution in [-0.4, -0.2) is 46.0 Å². The first kappa shape index (κ1) is 15.2.